The van der Waals surface area contributed by atoms with Crippen molar-refractivity contribution in [2.45, 2.75) is 6.17 Å². The molecule has 33 heavy (non-hydrogen) atoms. The molecule has 0 radical (unpaired) electrons. The molecule has 0 spiro atoms. The monoisotopic (exact) mass is 441 g/mol. The Morgan fingerprint density at radius 2 is 1.79 bits per heavy atom. The van der Waals surface area contributed by atoms with E-state index in [9.17, 15) is 0 Å². The Hall–Kier alpha value is -4.13. The summed E-state index contributed by atoms with van der Waals surface area (Å²) >= 11 is 0. The van der Waals surface area contributed by atoms with Gasteiger partial charge in [-0.3, -0.25) is 0 Å². The van der Waals surface area contributed by atoms with E-state index in [1.165, 1.54) is 0 Å². The van der Waals surface area contributed by atoms with Crippen LogP contribution in [0.4, 0.5) is 11.5 Å². The summed E-state index contributed by atoms with van der Waals surface area (Å²) in [5, 5.41) is 5.77. The first-order valence-electron chi connectivity index (χ1n) is 10.7. The second kappa shape index (κ2) is 7.48. The van der Waals surface area contributed by atoms with E-state index in [1.54, 1.807) is 20.4 Å². The van der Waals surface area contributed by atoms with Gasteiger partial charge in [-0.15, -0.1) is 0 Å². The highest BCUT2D eigenvalue weighted by atomic mass is 16.7. The Balaban J connectivity index is 1.63. The van der Waals surface area contributed by atoms with E-state index in [2.05, 4.69) is 46.5 Å². The molecular weight excluding hydrogens is 418 g/mol. The van der Waals surface area contributed by atoms with E-state index in [0.717, 1.165) is 50.5 Å². The van der Waals surface area contributed by atoms with Gasteiger partial charge in [-0.1, -0.05) is 18.2 Å². The van der Waals surface area contributed by atoms with Crippen molar-refractivity contribution in [1.29, 1.82) is 0 Å². The average Bonchev–Trinajstić information content (AvgIpc) is 3.31. The van der Waals surface area contributed by atoms with Crippen LogP contribution in [0.1, 0.15) is 11.7 Å². The van der Waals surface area contributed by atoms with Crippen LogP contribution >= 0.6 is 0 Å². The fourth-order valence-corrected chi connectivity index (χ4v) is 4.83. The lowest BCUT2D eigenvalue weighted by Gasteiger charge is -2.40. The summed E-state index contributed by atoms with van der Waals surface area (Å²) in [4.78, 5) is 6.72. The molecule has 2 aliphatic heterocycles. The zero-order valence-electron chi connectivity index (χ0n) is 18.6. The molecule has 1 unspecified atom stereocenters. The van der Waals surface area contributed by atoms with E-state index in [4.69, 9.17) is 18.9 Å². The summed E-state index contributed by atoms with van der Waals surface area (Å²) in [7, 11) is 5.40. The van der Waals surface area contributed by atoms with Crippen LogP contribution in [0.5, 0.6) is 23.0 Å². The number of ether oxygens (including phenoxy) is 4. The van der Waals surface area contributed by atoms with Gasteiger partial charge in [0.05, 0.1) is 19.9 Å². The Kier molecular flexibility index (Phi) is 4.43. The van der Waals surface area contributed by atoms with Crippen LogP contribution in [-0.2, 0) is 0 Å². The predicted molar refractivity (Wildman–Crippen MR) is 128 cm³/mol. The Bertz CT molecular complexity index is 1370. The first-order chi connectivity index (χ1) is 16.2. The molecule has 3 aromatic carbocycles. The summed E-state index contributed by atoms with van der Waals surface area (Å²) in [6.07, 6.45) is 1.53. The molecular formula is C26H23N3O4. The number of fused-ring (bicyclic) bond motifs is 6. The molecule has 1 aromatic heterocycles. The van der Waals surface area contributed by atoms with Crippen molar-refractivity contribution in [1.82, 2.24) is 4.98 Å². The van der Waals surface area contributed by atoms with Gasteiger partial charge in [0.1, 0.15) is 12.0 Å². The third-order valence-corrected chi connectivity index (χ3v) is 6.32. The summed E-state index contributed by atoms with van der Waals surface area (Å²) in [5.41, 5.74) is 4.28. The maximum absolute atomic E-state index is 5.87. The van der Waals surface area contributed by atoms with Crippen LogP contribution in [-0.4, -0.2) is 33.0 Å². The predicted octanol–water partition coefficient (Wildman–Crippen LogP) is 5.21. The fraction of sp³-hybridized carbons (Fsp3) is 0.192. The van der Waals surface area contributed by atoms with Crippen molar-refractivity contribution in [3.63, 3.8) is 0 Å². The van der Waals surface area contributed by atoms with Crippen LogP contribution in [0.15, 0.2) is 60.8 Å². The second-order valence-corrected chi connectivity index (χ2v) is 8.02. The van der Waals surface area contributed by atoms with Gasteiger partial charge in [-0.25, -0.2) is 4.98 Å². The summed E-state index contributed by atoms with van der Waals surface area (Å²) in [6.45, 7) is 0.243. The minimum absolute atomic E-state index is 0.243. The lowest BCUT2D eigenvalue weighted by molar-refractivity contribution is 0.174. The highest BCUT2D eigenvalue weighted by Gasteiger charge is 2.35. The van der Waals surface area contributed by atoms with E-state index in [-0.39, 0.29) is 13.0 Å². The molecule has 0 aliphatic carbocycles. The smallest absolute Gasteiger partial charge is 0.231 e. The second-order valence-electron chi connectivity index (χ2n) is 8.02. The lowest BCUT2D eigenvalue weighted by atomic mass is 9.88. The van der Waals surface area contributed by atoms with Crippen molar-refractivity contribution in [3.05, 3.63) is 66.4 Å². The molecule has 0 saturated carbocycles. The maximum Gasteiger partial charge on any atom is 0.231 e. The molecule has 0 fully saturated rings. The Morgan fingerprint density at radius 1 is 0.970 bits per heavy atom. The first-order valence-corrected chi connectivity index (χ1v) is 10.7. The van der Waals surface area contributed by atoms with Crippen LogP contribution in [0.25, 0.3) is 21.9 Å². The van der Waals surface area contributed by atoms with Gasteiger partial charge in [0, 0.05) is 29.8 Å². The van der Waals surface area contributed by atoms with Gasteiger partial charge < -0.3 is 29.2 Å². The van der Waals surface area contributed by atoms with Gasteiger partial charge in [0.25, 0.3) is 0 Å². The van der Waals surface area contributed by atoms with E-state index < -0.39 is 0 Å². The molecule has 1 N–H and O–H groups in total. The number of hydrogen-bond donors (Lipinski definition) is 1. The zero-order chi connectivity index (χ0) is 22.5. The molecule has 7 nitrogen and oxygen atoms in total. The average molecular weight is 441 g/mol. The van der Waals surface area contributed by atoms with Gasteiger partial charge in [-0.05, 0) is 47.3 Å². The van der Waals surface area contributed by atoms with E-state index in [1.807, 2.05) is 30.3 Å². The molecule has 3 heterocycles. The maximum atomic E-state index is 5.87. The van der Waals surface area contributed by atoms with Crippen molar-refractivity contribution >= 4 is 22.3 Å². The SMILES string of the molecule is COc1ccc2c(c1OC)C(Nc1ccccn1)N(C)c1c-2ccc2cc3c(cc12)OCO3. The molecule has 4 aromatic rings. The molecule has 7 heteroatoms. The number of rotatable bonds is 4. The molecule has 0 amide bonds. The number of pyridine rings is 1. The van der Waals surface area contributed by atoms with Gasteiger partial charge in [0.15, 0.2) is 23.0 Å². The quantitative estimate of drug-likeness (QED) is 0.466. The van der Waals surface area contributed by atoms with Crippen LogP contribution in [0.3, 0.4) is 0 Å². The van der Waals surface area contributed by atoms with Crippen LogP contribution in [0, 0.1) is 0 Å². The van der Waals surface area contributed by atoms with Crippen molar-refractivity contribution in [2.75, 3.05) is 38.3 Å². The van der Waals surface area contributed by atoms with Crippen molar-refractivity contribution < 1.29 is 18.9 Å². The normalized spacial score (nSPS) is 15.7. The third kappa shape index (κ3) is 2.92. The number of anilines is 2. The van der Waals surface area contributed by atoms with Crippen molar-refractivity contribution in [3.8, 4) is 34.1 Å². The van der Waals surface area contributed by atoms with Crippen LogP contribution in [0.2, 0.25) is 0 Å². The first kappa shape index (κ1) is 19.5. The minimum Gasteiger partial charge on any atom is -0.493 e. The third-order valence-electron chi connectivity index (χ3n) is 6.32. The number of hydrogen-bond acceptors (Lipinski definition) is 7. The minimum atomic E-state index is -0.247. The van der Waals surface area contributed by atoms with Gasteiger partial charge in [0.2, 0.25) is 6.79 Å². The van der Waals surface area contributed by atoms with Crippen molar-refractivity contribution in [2.24, 2.45) is 0 Å². The fourth-order valence-electron chi connectivity index (χ4n) is 4.83. The Labute approximate surface area is 191 Å². The van der Waals surface area contributed by atoms with Crippen LogP contribution < -0.4 is 29.2 Å². The summed E-state index contributed by atoms with van der Waals surface area (Å²) in [5.74, 6) is 3.69. The molecule has 6 rings (SSSR count). The largest absolute Gasteiger partial charge is 0.493 e. The number of nitrogens with zero attached hydrogens (tertiary/aromatic N) is 2. The number of benzene rings is 3. The van der Waals surface area contributed by atoms with Gasteiger partial charge >= 0.3 is 0 Å². The standard InChI is InChI=1S/C26H23N3O4/c1-29-24-17(8-7-15-12-20-21(13-18(15)24)33-14-32-20)16-9-10-19(30-2)25(31-3)23(16)26(29)28-22-6-4-5-11-27-22/h4-13,26H,14H2,1-3H3,(H,27,28). The van der Waals surface area contributed by atoms with E-state index in [0.29, 0.717) is 11.5 Å². The summed E-state index contributed by atoms with van der Waals surface area (Å²) < 4.78 is 22.8. The van der Waals surface area contributed by atoms with Gasteiger partial charge in [-0.2, -0.15) is 0 Å². The molecule has 1 atom stereocenters. The lowest BCUT2D eigenvalue weighted by Crippen LogP contribution is -2.34. The topological polar surface area (TPSA) is 65.1 Å². The summed E-state index contributed by atoms with van der Waals surface area (Å²) in [6, 6.07) is 18.2. The Morgan fingerprint density at radius 3 is 2.55 bits per heavy atom. The molecule has 0 saturated heterocycles. The highest BCUT2D eigenvalue weighted by Crippen LogP contribution is 2.53. The number of methoxy groups -OCH3 is 2. The van der Waals surface area contributed by atoms with E-state index >= 15 is 0 Å². The number of aromatic nitrogens is 1. The molecule has 0 bridgehead atoms. The number of nitrogens with one attached hydrogen (secondary N) is 1. The highest BCUT2D eigenvalue weighted by molar-refractivity contribution is 6.05. The molecule has 2 aliphatic rings. The molecule has 166 valence electrons. The zero-order valence-corrected chi connectivity index (χ0v) is 18.6.